The predicted molar refractivity (Wildman–Crippen MR) is 102 cm³/mol. The fourth-order valence-corrected chi connectivity index (χ4v) is 3.01. The maximum Gasteiger partial charge on any atom is 0.320 e. The monoisotopic (exact) mass is 367 g/mol. The van der Waals surface area contributed by atoms with Crippen molar-refractivity contribution in [2.24, 2.45) is 7.05 Å². The number of aryl methyl sites for hydroxylation is 1. The molecule has 1 heterocycles. The van der Waals surface area contributed by atoms with Crippen molar-refractivity contribution in [3.05, 3.63) is 22.0 Å². The minimum absolute atomic E-state index is 0.00892. The standard InChI is InChI=1S/C18H33N5O3/c1-5-7-9-11-22(12-10-8-6-2)14-15(3)20-18(24)17-16(23(25)26)13-19-21(17)4/h13,15H,5-12,14H2,1-4H3,(H,20,24). The van der Waals surface area contributed by atoms with E-state index in [9.17, 15) is 14.9 Å². The van der Waals surface area contributed by atoms with Crippen molar-refractivity contribution >= 4 is 11.6 Å². The lowest BCUT2D eigenvalue weighted by Crippen LogP contribution is -2.43. The van der Waals surface area contributed by atoms with E-state index >= 15 is 0 Å². The maximum atomic E-state index is 12.5. The topological polar surface area (TPSA) is 93.3 Å². The summed E-state index contributed by atoms with van der Waals surface area (Å²) in [5, 5.41) is 17.8. The molecule has 1 rings (SSSR count). The van der Waals surface area contributed by atoms with Gasteiger partial charge in [-0.1, -0.05) is 39.5 Å². The number of nitro groups is 1. The first-order chi connectivity index (χ1) is 12.4. The lowest BCUT2D eigenvalue weighted by molar-refractivity contribution is -0.385. The lowest BCUT2D eigenvalue weighted by Gasteiger charge is -2.26. The fourth-order valence-electron chi connectivity index (χ4n) is 3.01. The van der Waals surface area contributed by atoms with Crippen LogP contribution in [0.25, 0.3) is 0 Å². The van der Waals surface area contributed by atoms with Gasteiger partial charge in [0.25, 0.3) is 5.91 Å². The van der Waals surface area contributed by atoms with E-state index in [-0.39, 0.29) is 17.4 Å². The summed E-state index contributed by atoms with van der Waals surface area (Å²) in [6, 6.07) is -0.0970. The smallest absolute Gasteiger partial charge is 0.320 e. The number of hydrogen-bond acceptors (Lipinski definition) is 5. The number of hydrogen-bond donors (Lipinski definition) is 1. The van der Waals surface area contributed by atoms with Crippen molar-refractivity contribution in [3.63, 3.8) is 0 Å². The number of nitrogens with one attached hydrogen (secondary N) is 1. The van der Waals surface area contributed by atoms with E-state index in [2.05, 4.69) is 29.2 Å². The third-order valence-electron chi connectivity index (χ3n) is 4.40. The molecule has 1 amide bonds. The summed E-state index contributed by atoms with van der Waals surface area (Å²) in [6.07, 6.45) is 8.17. The highest BCUT2D eigenvalue weighted by Crippen LogP contribution is 2.16. The average Bonchev–Trinajstić information content (AvgIpc) is 2.97. The molecule has 0 spiro atoms. The minimum Gasteiger partial charge on any atom is -0.347 e. The van der Waals surface area contributed by atoms with E-state index < -0.39 is 10.8 Å². The van der Waals surface area contributed by atoms with Crippen molar-refractivity contribution in [1.82, 2.24) is 20.0 Å². The van der Waals surface area contributed by atoms with Crippen molar-refractivity contribution < 1.29 is 9.72 Å². The number of carbonyl (C=O) groups excluding carboxylic acids is 1. The number of rotatable bonds is 13. The molecule has 1 unspecified atom stereocenters. The second kappa shape index (κ2) is 11.6. The van der Waals surface area contributed by atoms with Gasteiger partial charge in [0.05, 0.1) is 4.92 Å². The fraction of sp³-hybridized carbons (Fsp3) is 0.778. The van der Waals surface area contributed by atoms with Crippen LogP contribution in [0.2, 0.25) is 0 Å². The summed E-state index contributed by atoms with van der Waals surface area (Å²) < 4.78 is 1.25. The summed E-state index contributed by atoms with van der Waals surface area (Å²) >= 11 is 0. The Morgan fingerprint density at radius 2 is 1.85 bits per heavy atom. The molecule has 26 heavy (non-hydrogen) atoms. The van der Waals surface area contributed by atoms with Gasteiger partial charge in [-0.25, -0.2) is 0 Å². The molecule has 1 aromatic heterocycles. The Morgan fingerprint density at radius 1 is 1.27 bits per heavy atom. The lowest BCUT2D eigenvalue weighted by atomic mass is 10.2. The zero-order valence-electron chi connectivity index (χ0n) is 16.5. The number of aromatic nitrogens is 2. The van der Waals surface area contributed by atoms with Gasteiger partial charge in [-0.15, -0.1) is 0 Å². The molecule has 0 aliphatic rings. The maximum absolute atomic E-state index is 12.5. The molecule has 8 nitrogen and oxygen atoms in total. The van der Waals surface area contributed by atoms with E-state index in [1.165, 1.54) is 37.4 Å². The summed E-state index contributed by atoms with van der Waals surface area (Å²) in [4.78, 5) is 25.3. The Balaban J connectivity index is 2.65. The van der Waals surface area contributed by atoms with Gasteiger partial charge in [-0.3, -0.25) is 19.6 Å². The molecule has 0 aliphatic heterocycles. The predicted octanol–water partition coefficient (Wildman–Crippen LogP) is 3.13. The van der Waals surface area contributed by atoms with E-state index in [4.69, 9.17) is 0 Å². The Bertz CT molecular complexity index is 563. The van der Waals surface area contributed by atoms with E-state index in [1.807, 2.05) is 6.92 Å². The SMILES string of the molecule is CCCCCN(CCCCC)CC(C)NC(=O)c1c([N+](=O)[O-])cnn1C. The first kappa shape index (κ1) is 22.1. The number of nitrogens with zero attached hydrogens (tertiary/aromatic N) is 4. The van der Waals surface area contributed by atoms with Gasteiger partial charge in [0, 0.05) is 19.6 Å². The first-order valence-electron chi connectivity index (χ1n) is 9.60. The third-order valence-corrected chi connectivity index (χ3v) is 4.40. The van der Waals surface area contributed by atoms with Gasteiger partial charge in [-0.2, -0.15) is 5.10 Å². The van der Waals surface area contributed by atoms with Crippen LogP contribution >= 0.6 is 0 Å². The normalized spacial score (nSPS) is 12.3. The second-order valence-corrected chi connectivity index (χ2v) is 6.85. The zero-order chi connectivity index (χ0) is 19.5. The van der Waals surface area contributed by atoms with Crippen LogP contribution in [0.3, 0.4) is 0 Å². The summed E-state index contributed by atoms with van der Waals surface area (Å²) in [6.45, 7) is 9.08. The summed E-state index contributed by atoms with van der Waals surface area (Å²) in [5.41, 5.74) is -0.273. The van der Waals surface area contributed by atoms with Gasteiger partial charge in [-0.05, 0) is 32.9 Å². The van der Waals surface area contributed by atoms with Crippen molar-refractivity contribution in [1.29, 1.82) is 0 Å². The quantitative estimate of drug-likeness (QED) is 0.328. The largest absolute Gasteiger partial charge is 0.347 e. The molecule has 8 heteroatoms. The molecular formula is C18H33N5O3. The van der Waals surface area contributed by atoms with Crippen molar-refractivity contribution in [2.75, 3.05) is 19.6 Å². The highest BCUT2D eigenvalue weighted by molar-refractivity contribution is 5.96. The average molecular weight is 367 g/mol. The van der Waals surface area contributed by atoms with Crippen LogP contribution < -0.4 is 5.32 Å². The van der Waals surface area contributed by atoms with Gasteiger partial charge < -0.3 is 10.2 Å². The molecule has 0 saturated heterocycles. The van der Waals surface area contributed by atoms with Crippen molar-refractivity contribution in [3.8, 4) is 0 Å². The summed E-state index contributed by atoms with van der Waals surface area (Å²) in [7, 11) is 1.54. The second-order valence-electron chi connectivity index (χ2n) is 6.85. The molecule has 0 saturated carbocycles. The molecule has 0 fully saturated rings. The van der Waals surface area contributed by atoms with Gasteiger partial charge in [0.15, 0.2) is 0 Å². The van der Waals surface area contributed by atoms with E-state index in [0.717, 1.165) is 38.7 Å². The highest BCUT2D eigenvalue weighted by atomic mass is 16.6. The van der Waals surface area contributed by atoms with Gasteiger partial charge in [0.1, 0.15) is 6.20 Å². The van der Waals surface area contributed by atoms with Gasteiger partial charge in [0.2, 0.25) is 5.69 Å². The van der Waals surface area contributed by atoms with Crippen LogP contribution in [0.1, 0.15) is 69.8 Å². The number of unbranched alkanes of at least 4 members (excludes halogenated alkanes) is 4. The molecule has 0 bridgehead atoms. The summed E-state index contributed by atoms with van der Waals surface area (Å²) in [5.74, 6) is -0.453. The van der Waals surface area contributed by atoms with Crippen LogP contribution in [-0.4, -0.2) is 51.2 Å². The molecular weight excluding hydrogens is 334 g/mol. The third kappa shape index (κ3) is 7.11. The molecule has 148 valence electrons. The first-order valence-corrected chi connectivity index (χ1v) is 9.60. The van der Waals surface area contributed by atoms with Crippen LogP contribution in [0.15, 0.2) is 6.20 Å². The van der Waals surface area contributed by atoms with Crippen LogP contribution in [0.4, 0.5) is 5.69 Å². The molecule has 0 aliphatic carbocycles. The van der Waals surface area contributed by atoms with Gasteiger partial charge >= 0.3 is 5.69 Å². The molecule has 1 atom stereocenters. The van der Waals surface area contributed by atoms with Crippen LogP contribution in [0.5, 0.6) is 0 Å². The molecule has 0 radical (unpaired) electrons. The highest BCUT2D eigenvalue weighted by Gasteiger charge is 2.26. The zero-order valence-corrected chi connectivity index (χ0v) is 16.5. The molecule has 1 aromatic rings. The van der Waals surface area contributed by atoms with Crippen molar-refractivity contribution in [2.45, 2.75) is 65.3 Å². The number of carbonyl (C=O) groups is 1. The minimum atomic E-state index is -0.575. The van der Waals surface area contributed by atoms with Crippen LogP contribution in [-0.2, 0) is 7.05 Å². The van der Waals surface area contributed by atoms with E-state index in [0.29, 0.717) is 0 Å². The molecule has 0 aromatic carbocycles. The number of amides is 1. The Labute approximate surface area is 156 Å². The Hall–Kier alpha value is -1.96. The van der Waals surface area contributed by atoms with Crippen LogP contribution in [0, 0.1) is 10.1 Å². The Kier molecular flexibility index (Phi) is 9.87. The van der Waals surface area contributed by atoms with E-state index in [1.54, 1.807) is 0 Å². The Morgan fingerprint density at radius 3 is 2.35 bits per heavy atom. The molecule has 1 N–H and O–H groups in total.